The number of carbonyl (C=O) groups is 3. The van der Waals surface area contributed by atoms with Gasteiger partial charge in [-0.05, 0) is 50.2 Å². The molecule has 0 aromatic carbocycles. The van der Waals surface area contributed by atoms with Crippen LogP contribution in [0, 0.1) is 6.92 Å². The van der Waals surface area contributed by atoms with E-state index < -0.39 is 5.97 Å². The van der Waals surface area contributed by atoms with Gasteiger partial charge in [0.05, 0.1) is 18.7 Å². The molecule has 26 heavy (non-hydrogen) atoms. The molecule has 0 aliphatic rings. The third-order valence-corrected chi connectivity index (χ3v) is 4.35. The number of carbonyl (C=O) groups excluding carboxylic acids is 3. The van der Waals surface area contributed by atoms with E-state index in [9.17, 15) is 14.4 Å². The number of anilines is 1. The second-order valence-corrected chi connectivity index (χ2v) is 6.65. The molecule has 0 spiro atoms. The van der Waals surface area contributed by atoms with E-state index in [0.717, 1.165) is 5.56 Å². The minimum Gasteiger partial charge on any atom is -0.462 e. The van der Waals surface area contributed by atoms with Crippen molar-refractivity contribution in [2.75, 3.05) is 25.5 Å². The van der Waals surface area contributed by atoms with Crippen LogP contribution in [-0.4, -0.2) is 42.8 Å². The Bertz CT molecular complexity index is 795. The first-order chi connectivity index (χ1) is 12.3. The Morgan fingerprint density at radius 2 is 2.04 bits per heavy atom. The number of hydrogen-bond donors (Lipinski definition) is 1. The molecule has 0 saturated carbocycles. The van der Waals surface area contributed by atoms with E-state index in [4.69, 9.17) is 9.15 Å². The Morgan fingerprint density at radius 3 is 2.62 bits per heavy atom. The van der Waals surface area contributed by atoms with Crippen molar-refractivity contribution in [2.45, 2.75) is 27.3 Å². The van der Waals surface area contributed by atoms with Gasteiger partial charge in [-0.3, -0.25) is 19.8 Å². The van der Waals surface area contributed by atoms with Gasteiger partial charge in [-0.2, -0.15) is 11.3 Å². The van der Waals surface area contributed by atoms with Crippen LogP contribution in [0.2, 0.25) is 0 Å². The topological polar surface area (TPSA) is 88.8 Å². The fraction of sp³-hybridized carbons (Fsp3) is 0.389. The summed E-state index contributed by atoms with van der Waals surface area (Å²) >= 11 is 1.59. The predicted molar refractivity (Wildman–Crippen MR) is 98.7 cm³/mol. The number of hydrogen-bond acceptors (Lipinski definition) is 7. The number of thiophene rings is 1. The molecule has 0 radical (unpaired) electrons. The molecule has 2 rings (SSSR count). The summed E-state index contributed by atoms with van der Waals surface area (Å²) in [5.74, 6) is -1.17. The van der Waals surface area contributed by atoms with Crippen molar-refractivity contribution in [1.82, 2.24) is 4.90 Å². The Balaban J connectivity index is 2.14. The fourth-order valence-corrected chi connectivity index (χ4v) is 3.28. The predicted octanol–water partition coefficient (Wildman–Crippen LogP) is 3.10. The van der Waals surface area contributed by atoms with E-state index in [1.54, 1.807) is 25.2 Å². The number of Topliss-reactive ketones (excluding diaryl/α,β-unsaturated/α-hetero) is 1. The molecular weight excluding hydrogens is 356 g/mol. The molecule has 0 bridgehead atoms. The van der Waals surface area contributed by atoms with E-state index >= 15 is 0 Å². The molecule has 7 nitrogen and oxygen atoms in total. The van der Waals surface area contributed by atoms with Crippen LogP contribution in [0.1, 0.15) is 45.9 Å². The van der Waals surface area contributed by atoms with Gasteiger partial charge < -0.3 is 9.15 Å². The molecule has 2 aromatic heterocycles. The van der Waals surface area contributed by atoms with Gasteiger partial charge in [-0.25, -0.2) is 4.79 Å². The normalized spacial score (nSPS) is 10.8. The molecule has 0 fully saturated rings. The average Bonchev–Trinajstić information content (AvgIpc) is 3.14. The van der Waals surface area contributed by atoms with Crippen molar-refractivity contribution in [1.29, 1.82) is 0 Å². The highest BCUT2D eigenvalue weighted by atomic mass is 32.1. The first-order valence-corrected chi connectivity index (χ1v) is 9.08. The number of likely N-dealkylation sites (N-methyl/N-ethyl adjacent to an activating group) is 1. The van der Waals surface area contributed by atoms with Crippen molar-refractivity contribution in [2.24, 2.45) is 0 Å². The van der Waals surface area contributed by atoms with Crippen LogP contribution in [0.25, 0.3) is 0 Å². The second kappa shape index (κ2) is 8.77. The maximum Gasteiger partial charge on any atom is 0.344 e. The summed E-state index contributed by atoms with van der Waals surface area (Å²) in [6.45, 7) is 5.44. The smallest absolute Gasteiger partial charge is 0.344 e. The molecule has 140 valence electrons. The van der Waals surface area contributed by atoms with Crippen LogP contribution < -0.4 is 5.32 Å². The zero-order valence-corrected chi connectivity index (χ0v) is 16.1. The van der Waals surface area contributed by atoms with Crippen molar-refractivity contribution < 1.29 is 23.5 Å². The van der Waals surface area contributed by atoms with Gasteiger partial charge in [0, 0.05) is 6.54 Å². The minimum absolute atomic E-state index is 0.0364. The molecule has 1 N–H and O–H groups in total. The van der Waals surface area contributed by atoms with Gasteiger partial charge in [-0.1, -0.05) is 0 Å². The quantitative estimate of drug-likeness (QED) is 0.561. The van der Waals surface area contributed by atoms with Crippen molar-refractivity contribution >= 4 is 34.9 Å². The SMILES string of the molecule is CCOC(=O)c1c(NC(=O)CN(C)Cc2ccsc2)oc(C)c1C(C)=O. The lowest BCUT2D eigenvalue weighted by atomic mass is 10.1. The van der Waals surface area contributed by atoms with Crippen molar-refractivity contribution in [3.05, 3.63) is 39.3 Å². The highest BCUT2D eigenvalue weighted by Crippen LogP contribution is 2.28. The first-order valence-electron chi connectivity index (χ1n) is 8.14. The molecule has 0 aliphatic heterocycles. The Hall–Kier alpha value is -2.45. The summed E-state index contributed by atoms with van der Waals surface area (Å²) in [6, 6.07) is 1.99. The third-order valence-electron chi connectivity index (χ3n) is 3.61. The summed E-state index contributed by atoms with van der Waals surface area (Å²) in [6.07, 6.45) is 0. The number of nitrogens with one attached hydrogen (secondary N) is 1. The van der Waals surface area contributed by atoms with Crippen LogP contribution in [-0.2, 0) is 16.1 Å². The lowest BCUT2D eigenvalue weighted by molar-refractivity contribution is -0.117. The Morgan fingerprint density at radius 1 is 1.31 bits per heavy atom. The van der Waals surface area contributed by atoms with Crippen molar-refractivity contribution in [3.63, 3.8) is 0 Å². The van der Waals surface area contributed by atoms with E-state index in [0.29, 0.717) is 6.54 Å². The summed E-state index contributed by atoms with van der Waals surface area (Å²) < 4.78 is 10.5. The summed E-state index contributed by atoms with van der Waals surface area (Å²) in [4.78, 5) is 38.3. The maximum atomic E-state index is 12.3. The molecule has 2 heterocycles. The second-order valence-electron chi connectivity index (χ2n) is 5.87. The van der Waals surface area contributed by atoms with Gasteiger partial charge in [0.1, 0.15) is 11.3 Å². The number of furan rings is 1. The molecule has 0 atom stereocenters. The van der Waals surface area contributed by atoms with Gasteiger partial charge in [0.15, 0.2) is 5.78 Å². The van der Waals surface area contributed by atoms with Crippen LogP contribution >= 0.6 is 11.3 Å². The van der Waals surface area contributed by atoms with E-state index in [1.807, 2.05) is 28.8 Å². The number of ether oxygens (including phenoxy) is 1. The molecule has 1 amide bonds. The van der Waals surface area contributed by atoms with Gasteiger partial charge in [0.25, 0.3) is 0 Å². The number of ketones is 1. The highest BCUT2D eigenvalue weighted by Gasteiger charge is 2.28. The molecule has 8 heteroatoms. The molecular formula is C18H22N2O5S. The molecule has 0 aliphatic carbocycles. The van der Waals surface area contributed by atoms with Crippen LogP contribution in [0.5, 0.6) is 0 Å². The van der Waals surface area contributed by atoms with Crippen LogP contribution in [0.3, 0.4) is 0 Å². The number of amides is 1. The standard InChI is InChI=1S/C18H22N2O5S/c1-5-24-18(23)16-15(11(2)21)12(3)25-17(16)19-14(22)9-20(4)8-13-6-7-26-10-13/h6-7,10H,5,8-9H2,1-4H3,(H,19,22). The van der Waals surface area contributed by atoms with Gasteiger partial charge >= 0.3 is 5.97 Å². The summed E-state index contributed by atoms with van der Waals surface area (Å²) in [5, 5.41) is 6.57. The van der Waals surface area contributed by atoms with Gasteiger partial charge in [0.2, 0.25) is 11.8 Å². The van der Waals surface area contributed by atoms with E-state index in [-0.39, 0.29) is 47.6 Å². The number of aryl methyl sites for hydroxylation is 1. The van der Waals surface area contributed by atoms with Crippen molar-refractivity contribution in [3.8, 4) is 0 Å². The molecule has 2 aromatic rings. The molecule has 0 unspecified atom stereocenters. The third kappa shape index (κ3) is 4.80. The van der Waals surface area contributed by atoms with E-state index in [1.165, 1.54) is 6.92 Å². The fourth-order valence-electron chi connectivity index (χ4n) is 2.62. The minimum atomic E-state index is -0.698. The van der Waals surface area contributed by atoms with Crippen LogP contribution in [0.4, 0.5) is 5.88 Å². The average molecular weight is 378 g/mol. The highest BCUT2D eigenvalue weighted by molar-refractivity contribution is 7.07. The lowest BCUT2D eigenvalue weighted by Gasteiger charge is -2.15. The van der Waals surface area contributed by atoms with Gasteiger partial charge in [-0.15, -0.1) is 0 Å². The monoisotopic (exact) mass is 378 g/mol. The Kier molecular flexibility index (Phi) is 6.70. The first kappa shape index (κ1) is 19.9. The number of nitrogens with zero attached hydrogens (tertiary/aromatic N) is 1. The lowest BCUT2D eigenvalue weighted by Crippen LogP contribution is -2.30. The summed E-state index contributed by atoms with van der Waals surface area (Å²) in [5.41, 5.74) is 1.21. The van der Waals surface area contributed by atoms with Crippen LogP contribution in [0.15, 0.2) is 21.2 Å². The number of esters is 1. The largest absolute Gasteiger partial charge is 0.462 e. The zero-order valence-electron chi connectivity index (χ0n) is 15.3. The van der Waals surface area contributed by atoms with E-state index in [2.05, 4.69) is 5.32 Å². The Labute approximate surface area is 155 Å². The zero-order chi connectivity index (χ0) is 19.3. The number of rotatable bonds is 8. The summed E-state index contributed by atoms with van der Waals surface area (Å²) in [7, 11) is 1.82. The molecule has 0 saturated heterocycles. The maximum absolute atomic E-state index is 12.3.